The summed E-state index contributed by atoms with van der Waals surface area (Å²) in [5.74, 6) is -0.396. The van der Waals surface area contributed by atoms with Crippen LogP contribution >= 0.6 is 34.8 Å². The number of urea groups is 1. The number of amides is 3. The van der Waals surface area contributed by atoms with E-state index in [-0.39, 0.29) is 0 Å². The third kappa shape index (κ3) is 3.15. The first-order valence-electron chi connectivity index (χ1n) is 5.08. The van der Waals surface area contributed by atoms with Gasteiger partial charge in [-0.25, -0.2) is 4.79 Å². The maximum absolute atomic E-state index is 11.5. The smallest absolute Gasteiger partial charge is 0.276 e. The largest absolute Gasteiger partial charge is 0.328 e. The normalized spacial score (nSPS) is 21.5. The fourth-order valence-corrected chi connectivity index (χ4v) is 2.23. The van der Waals surface area contributed by atoms with E-state index in [1.807, 2.05) is 6.92 Å². The van der Waals surface area contributed by atoms with E-state index < -0.39 is 21.9 Å². The van der Waals surface area contributed by atoms with Crippen LogP contribution in [0.2, 0.25) is 0 Å². The quantitative estimate of drug-likeness (QED) is 0.374. The average Bonchev–Trinajstić information content (AvgIpc) is 2.41. The Morgan fingerprint density at radius 2 is 1.94 bits per heavy atom. The van der Waals surface area contributed by atoms with Crippen LogP contribution in [0, 0.1) is 0 Å². The zero-order valence-electron chi connectivity index (χ0n) is 8.80. The van der Waals surface area contributed by atoms with E-state index in [2.05, 4.69) is 5.32 Å². The Morgan fingerprint density at radius 3 is 2.44 bits per heavy atom. The number of hydrogen-bond acceptors (Lipinski definition) is 2. The molecule has 92 valence electrons. The number of carbonyl (C=O) groups excluding carboxylic acids is 2. The number of nitrogens with zero attached hydrogens (tertiary/aromatic N) is 1. The zero-order chi connectivity index (χ0) is 12.3. The predicted octanol–water partition coefficient (Wildman–Crippen LogP) is 2.81. The van der Waals surface area contributed by atoms with Gasteiger partial charge in [-0.05, 0) is 6.42 Å². The number of unbranched alkanes of at least 4 members (excludes halogenated alkanes) is 2. The molecule has 1 aliphatic heterocycles. The molecule has 1 N–H and O–H groups in total. The van der Waals surface area contributed by atoms with E-state index in [9.17, 15) is 9.59 Å². The Balaban J connectivity index is 2.70. The van der Waals surface area contributed by atoms with Gasteiger partial charge in [0.15, 0.2) is 0 Å². The molecule has 1 rings (SSSR count). The van der Waals surface area contributed by atoms with Crippen LogP contribution in [0.4, 0.5) is 4.79 Å². The summed E-state index contributed by atoms with van der Waals surface area (Å²) in [6.07, 6.45) is 3.33. The summed E-state index contributed by atoms with van der Waals surface area (Å²) in [7, 11) is 0. The molecule has 0 aromatic heterocycles. The summed E-state index contributed by atoms with van der Waals surface area (Å²) in [5.41, 5.74) is 0. The number of nitrogens with one attached hydrogen (secondary N) is 1. The van der Waals surface area contributed by atoms with Crippen molar-refractivity contribution in [3.05, 3.63) is 0 Å². The highest BCUT2D eigenvalue weighted by molar-refractivity contribution is 6.67. The Kier molecular flexibility index (Phi) is 4.71. The zero-order valence-corrected chi connectivity index (χ0v) is 11.1. The van der Waals surface area contributed by atoms with Crippen LogP contribution < -0.4 is 5.32 Å². The summed E-state index contributed by atoms with van der Waals surface area (Å²) in [5, 5.41) is 2.15. The monoisotopic (exact) mass is 286 g/mol. The van der Waals surface area contributed by atoms with Crippen molar-refractivity contribution in [1.82, 2.24) is 10.2 Å². The van der Waals surface area contributed by atoms with Crippen LogP contribution in [-0.4, -0.2) is 26.8 Å². The van der Waals surface area contributed by atoms with E-state index in [0.29, 0.717) is 6.42 Å². The van der Waals surface area contributed by atoms with Crippen LogP contribution in [0.3, 0.4) is 0 Å². The van der Waals surface area contributed by atoms with Crippen molar-refractivity contribution in [3.63, 3.8) is 0 Å². The lowest BCUT2D eigenvalue weighted by atomic mass is 10.1. The molecule has 0 radical (unpaired) electrons. The third-order valence-corrected chi connectivity index (χ3v) is 2.96. The maximum atomic E-state index is 11.5. The van der Waals surface area contributed by atoms with Crippen molar-refractivity contribution in [1.29, 1.82) is 0 Å². The first-order chi connectivity index (χ1) is 7.38. The van der Waals surface area contributed by atoms with Crippen LogP contribution in [0.25, 0.3) is 0 Å². The SMILES string of the molecule is CCCCCC1C(=O)NC(=O)N1C(Cl)(Cl)Cl. The average molecular weight is 288 g/mol. The summed E-state index contributed by atoms with van der Waals surface area (Å²) in [6, 6.07) is -1.32. The molecule has 1 heterocycles. The van der Waals surface area contributed by atoms with Crippen molar-refractivity contribution in [3.8, 4) is 0 Å². The van der Waals surface area contributed by atoms with Gasteiger partial charge >= 0.3 is 6.03 Å². The first-order valence-corrected chi connectivity index (χ1v) is 6.22. The van der Waals surface area contributed by atoms with Gasteiger partial charge in [0.1, 0.15) is 6.04 Å². The predicted molar refractivity (Wildman–Crippen MR) is 63.6 cm³/mol. The number of hydrogen-bond donors (Lipinski definition) is 1. The van der Waals surface area contributed by atoms with Crippen LogP contribution in [0.15, 0.2) is 0 Å². The molecule has 1 fully saturated rings. The van der Waals surface area contributed by atoms with Gasteiger partial charge in [0.05, 0.1) is 0 Å². The molecule has 0 saturated carbocycles. The van der Waals surface area contributed by atoms with Gasteiger partial charge in [0, 0.05) is 0 Å². The highest BCUT2D eigenvalue weighted by Gasteiger charge is 2.47. The van der Waals surface area contributed by atoms with Gasteiger partial charge in [-0.2, -0.15) is 0 Å². The highest BCUT2D eigenvalue weighted by Crippen LogP contribution is 2.35. The van der Waals surface area contributed by atoms with Crippen molar-refractivity contribution in [2.24, 2.45) is 0 Å². The molecule has 16 heavy (non-hydrogen) atoms. The fraction of sp³-hybridized carbons (Fsp3) is 0.778. The molecular weight excluding hydrogens is 274 g/mol. The minimum atomic E-state index is -1.88. The Morgan fingerprint density at radius 1 is 1.31 bits per heavy atom. The van der Waals surface area contributed by atoms with Crippen LogP contribution in [-0.2, 0) is 4.79 Å². The molecule has 3 amide bonds. The molecule has 0 bridgehead atoms. The second-order valence-electron chi connectivity index (χ2n) is 3.64. The number of carbonyl (C=O) groups is 2. The van der Waals surface area contributed by atoms with Crippen molar-refractivity contribution >= 4 is 46.7 Å². The standard InChI is InChI=1S/C9H13Cl3N2O2/c1-2-3-4-5-6-7(15)13-8(16)14(6)9(10,11)12/h6H,2-5H2,1H3,(H,13,15,16). The summed E-state index contributed by atoms with van der Waals surface area (Å²) in [4.78, 5) is 23.9. The van der Waals surface area contributed by atoms with E-state index in [1.165, 1.54) is 0 Å². The maximum Gasteiger partial charge on any atom is 0.328 e. The van der Waals surface area contributed by atoms with Crippen LogP contribution in [0.5, 0.6) is 0 Å². The molecule has 1 saturated heterocycles. The van der Waals surface area contributed by atoms with Gasteiger partial charge in [-0.15, -0.1) is 0 Å². The lowest BCUT2D eigenvalue weighted by Gasteiger charge is -2.28. The highest BCUT2D eigenvalue weighted by atomic mass is 35.6. The second kappa shape index (κ2) is 5.43. The minimum Gasteiger partial charge on any atom is -0.276 e. The number of halogens is 3. The first kappa shape index (κ1) is 13.9. The topological polar surface area (TPSA) is 49.4 Å². The second-order valence-corrected chi connectivity index (χ2v) is 5.87. The summed E-state index contributed by atoms with van der Waals surface area (Å²) < 4.78 is -1.88. The molecule has 0 aromatic rings. The lowest BCUT2D eigenvalue weighted by molar-refractivity contribution is -0.121. The van der Waals surface area contributed by atoms with Gasteiger partial charge in [0.2, 0.25) is 0 Å². The molecule has 4 nitrogen and oxygen atoms in total. The van der Waals surface area contributed by atoms with E-state index in [1.54, 1.807) is 0 Å². The molecule has 0 aliphatic carbocycles. The molecule has 1 aliphatic rings. The molecule has 0 aromatic carbocycles. The van der Waals surface area contributed by atoms with Gasteiger partial charge < -0.3 is 0 Å². The fourth-order valence-electron chi connectivity index (χ4n) is 1.65. The summed E-state index contributed by atoms with van der Waals surface area (Å²) in [6.45, 7) is 2.05. The number of rotatable bonds is 4. The lowest BCUT2D eigenvalue weighted by Crippen LogP contribution is -2.43. The van der Waals surface area contributed by atoms with Crippen molar-refractivity contribution in [2.45, 2.75) is 42.6 Å². The third-order valence-electron chi connectivity index (χ3n) is 2.42. The van der Waals surface area contributed by atoms with Gasteiger partial charge in [-0.1, -0.05) is 61.0 Å². The van der Waals surface area contributed by atoms with Crippen molar-refractivity contribution < 1.29 is 9.59 Å². The van der Waals surface area contributed by atoms with E-state index in [4.69, 9.17) is 34.8 Å². The number of alkyl halides is 3. The van der Waals surface area contributed by atoms with E-state index >= 15 is 0 Å². The Hall–Kier alpha value is -0.190. The van der Waals surface area contributed by atoms with E-state index in [0.717, 1.165) is 24.2 Å². The molecule has 0 spiro atoms. The molecular formula is C9H13Cl3N2O2. The van der Waals surface area contributed by atoms with Crippen molar-refractivity contribution in [2.75, 3.05) is 0 Å². The number of imide groups is 1. The summed E-state index contributed by atoms with van der Waals surface area (Å²) >= 11 is 17.0. The molecule has 1 unspecified atom stereocenters. The molecule has 7 heteroatoms. The van der Waals surface area contributed by atoms with Gasteiger partial charge in [-0.3, -0.25) is 15.0 Å². The Bertz CT molecular complexity index is 291. The molecule has 1 atom stereocenters. The van der Waals surface area contributed by atoms with Gasteiger partial charge in [0.25, 0.3) is 9.82 Å². The van der Waals surface area contributed by atoms with Crippen LogP contribution in [0.1, 0.15) is 32.6 Å². The minimum absolute atomic E-state index is 0.396. The Labute approximate surface area is 109 Å².